The van der Waals surface area contributed by atoms with E-state index in [1.54, 1.807) is 11.8 Å². The number of carbonyl (C=O) groups excluding carboxylic acids is 1. The standard InChI is InChI=1S/C25H35N3O4S/c1-2-7-33-23-18(3-4-19(27-23)24(13-20(29)30)5-6-26-14-24)22(31)28-21-16-8-15-9-17(21)12-25(32,10-15)11-16/h3-4,15-17,21,26,32H,2,5-14H2,1H3,(H,28,31)(H,29,30)/t15?,16?,17?,21-,24-,25+/m1/s1. The van der Waals surface area contributed by atoms with Gasteiger partial charge in [0, 0.05) is 23.7 Å². The first-order chi connectivity index (χ1) is 15.8. The van der Waals surface area contributed by atoms with Gasteiger partial charge < -0.3 is 20.8 Å². The SMILES string of the molecule is CCCSc1nc([C@@]2(CC(=O)O)CCNC2)ccc1C(=O)N[C@H]1C2CC3CC1C[C@@](O)(C3)C2. The number of nitrogens with zero attached hydrogens (tertiary/aromatic N) is 1. The first-order valence-corrected chi connectivity index (χ1v) is 13.4. The smallest absolute Gasteiger partial charge is 0.304 e. The lowest BCUT2D eigenvalue weighted by Crippen LogP contribution is -2.61. The van der Waals surface area contributed by atoms with Crippen LogP contribution in [0.25, 0.3) is 0 Å². The van der Waals surface area contributed by atoms with Gasteiger partial charge in [-0.2, -0.15) is 0 Å². The third-order valence-electron chi connectivity index (χ3n) is 8.36. The highest BCUT2D eigenvalue weighted by molar-refractivity contribution is 7.99. The number of aliphatic carboxylic acids is 1. The van der Waals surface area contributed by atoms with E-state index in [0.717, 1.165) is 62.9 Å². The molecular weight excluding hydrogens is 438 g/mol. The summed E-state index contributed by atoms with van der Waals surface area (Å²) in [6.45, 7) is 3.46. The predicted octanol–water partition coefficient (Wildman–Crippen LogP) is 2.96. The number of thioether (sulfide) groups is 1. The number of carboxylic acids is 1. The highest BCUT2D eigenvalue weighted by atomic mass is 32.2. The van der Waals surface area contributed by atoms with E-state index >= 15 is 0 Å². The second-order valence-corrected chi connectivity index (χ2v) is 12.0. The molecule has 6 rings (SSSR count). The summed E-state index contributed by atoms with van der Waals surface area (Å²) in [5, 5.41) is 27.7. The number of carbonyl (C=O) groups is 2. The summed E-state index contributed by atoms with van der Waals surface area (Å²) in [5.41, 5.74) is 0.304. The predicted molar refractivity (Wildman–Crippen MR) is 126 cm³/mol. The van der Waals surface area contributed by atoms with E-state index in [0.29, 0.717) is 34.9 Å². The van der Waals surface area contributed by atoms with Crippen LogP contribution in [0.5, 0.6) is 0 Å². The van der Waals surface area contributed by atoms with Gasteiger partial charge in [-0.3, -0.25) is 9.59 Å². The molecule has 1 aromatic rings. The normalized spacial score (nSPS) is 36.8. The average molecular weight is 474 g/mol. The summed E-state index contributed by atoms with van der Waals surface area (Å²) in [4.78, 5) is 29.9. The van der Waals surface area contributed by atoms with E-state index in [2.05, 4.69) is 17.6 Å². The zero-order valence-corrected chi connectivity index (χ0v) is 20.1. The number of nitrogens with one attached hydrogen (secondary N) is 2. The van der Waals surface area contributed by atoms with Gasteiger partial charge in [-0.1, -0.05) is 6.92 Å². The maximum Gasteiger partial charge on any atom is 0.304 e. The van der Waals surface area contributed by atoms with Crippen LogP contribution in [0.15, 0.2) is 17.2 Å². The lowest BCUT2D eigenvalue weighted by Gasteiger charge is -2.58. The Morgan fingerprint density at radius 2 is 2.00 bits per heavy atom. The number of pyridine rings is 1. The fourth-order valence-corrected chi connectivity index (χ4v) is 8.03. The summed E-state index contributed by atoms with van der Waals surface area (Å²) in [5.74, 6) is 1.25. The number of hydrogen-bond donors (Lipinski definition) is 4. The molecule has 2 heterocycles. The molecule has 5 aliphatic rings. The van der Waals surface area contributed by atoms with Crippen LogP contribution in [0.4, 0.5) is 0 Å². The van der Waals surface area contributed by atoms with Crippen LogP contribution in [0.1, 0.15) is 74.3 Å². The Morgan fingerprint density at radius 1 is 1.24 bits per heavy atom. The van der Waals surface area contributed by atoms with Crippen LogP contribution < -0.4 is 10.6 Å². The third-order valence-corrected chi connectivity index (χ3v) is 9.56. The minimum Gasteiger partial charge on any atom is -0.481 e. The molecule has 0 spiro atoms. The highest BCUT2D eigenvalue weighted by Gasteiger charge is 2.55. The van der Waals surface area contributed by atoms with Crippen LogP contribution in [-0.2, 0) is 10.2 Å². The van der Waals surface area contributed by atoms with E-state index in [9.17, 15) is 19.8 Å². The van der Waals surface area contributed by atoms with Crippen molar-refractivity contribution in [2.24, 2.45) is 17.8 Å². The number of rotatable bonds is 8. The Morgan fingerprint density at radius 3 is 2.61 bits per heavy atom. The molecule has 4 bridgehead atoms. The average Bonchev–Trinajstić information content (AvgIpc) is 3.22. The van der Waals surface area contributed by atoms with E-state index < -0.39 is 17.0 Å². The van der Waals surface area contributed by atoms with Crippen molar-refractivity contribution in [1.82, 2.24) is 15.6 Å². The molecule has 1 saturated heterocycles. The molecule has 8 heteroatoms. The van der Waals surface area contributed by atoms with Crippen LogP contribution in [-0.4, -0.2) is 57.6 Å². The second-order valence-electron chi connectivity index (χ2n) is 10.9. The van der Waals surface area contributed by atoms with Crippen LogP contribution >= 0.6 is 11.8 Å². The maximum absolute atomic E-state index is 13.5. The largest absolute Gasteiger partial charge is 0.481 e. The Labute approximate surface area is 199 Å². The van der Waals surface area contributed by atoms with Gasteiger partial charge in [-0.05, 0) is 87.1 Å². The number of carboxylic acid groups (broad SMARTS) is 1. The molecule has 0 radical (unpaired) electrons. The van der Waals surface area contributed by atoms with E-state index in [4.69, 9.17) is 4.98 Å². The quantitative estimate of drug-likeness (QED) is 0.430. The van der Waals surface area contributed by atoms with Crippen LogP contribution in [0.2, 0.25) is 0 Å². The molecule has 1 aliphatic heterocycles. The molecule has 7 nitrogen and oxygen atoms in total. The monoisotopic (exact) mass is 473 g/mol. The third kappa shape index (κ3) is 4.42. The molecule has 4 N–H and O–H groups in total. The topological polar surface area (TPSA) is 112 Å². The Hall–Kier alpha value is -1.64. The molecule has 2 unspecified atom stereocenters. The Bertz CT molecular complexity index is 916. The van der Waals surface area contributed by atoms with Crippen molar-refractivity contribution in [3.8, 4) is 0 Å². The Balaban J connectivity index is 1.39. The van der Waals surface area contributed by atoms with Crippen molar-refractivity contribution in [3.05, 3.63) is 23.4 Å². The number of aromatic nitrogens is 1. The van der Waals surface area contributed by atoms with Gasteiger partial charge in [0.05, 0.1) is 17.6 Å². The van der Waals surface area contributed by atoms with Crippen molar-refractivity contribution < 1.29 is 19.8 Å². The molecule has 4 saturated carbocycles. The van der Waals surface area contributed by atoms with Gasteiger partial charge in [0.1, 0.15) is 5.03 Å². The van der Waals surface area contributed by atoms with Crippen LogP contribution in [0.3, 0.4) is 0 Å². The molecule has 180 valence electrons. The minimum absolute atomic E-state index is 0.0337. The number of aliphatic hydroxyl groups is 1. The lowest BCUT2D eigenvalue weighted by molar-refractivity contribution is -0.138. The first-order valence-electron chi connectivity index (χ1n) is 12.4. The van der Waals surface area contributed by atoms with Gasteiger partial charge in [-0.15, -0.1) is 11.8 Å². The van der Waals surface area contributed by atoms with Crippen molar-refractivity contribution >= 4 is 23.6 Å². The molecule has 33 heavy (non-hydrogen) atoms. The number of amides is 1. The lowest BCUT2D eigenvalue weighted by atomic mass is 9.52. The minimum atomic E-state index is -0.825. The zero-order valence-electron chi connectivity index (χ0n) is 19.3. The Kier molecular flexibility index (Phi) is 6.20. The van der Waals surface area contributed by atoms with E-state index in [1.165, 1.54) is 0 Å². The van der Waals surface area contributed by atoms with Crippen molar-refractivity contribution in [3.63, 3.8) is 0 Å². The fourth-order valence-electron chi connectivity index (χ4n) is 7.16. The highest BCUT2D eigenvalue weighted by Crippen LogP contribution is 2.55. The van der Waals surface area contributed by atoms with Crippen molar-refractivity contribution in [2.45, 2.75) is 80.4 Å². The molecule has 4 aliphatic carbocycles. The van der Waals surface area contributed by atoms with Gasteiger partial charge in [0.2, 0.25) is 0 Å². The molecule has 5 fully saturated rings. The maximum atomic E-state index is 13.5. The molecule has 3 atom stereocenters. The molecule has 1 aromatic heterocycles. The van der Waals surface area contributed by atoms with Gasteiger partial charge >= 0.3 is 5.97 Å². The van der Waals surface area contributed by atoms with E-state index in [-0.39, 0.29) is 18.4 Å². The number of hydrogen-bond acceptors (Lipinski definition) is 6. The molecule has 0 aromatic carbocycles. The first kappa shape index (κ1) is 23.1. The van der Waals surface area contributed by atoms with Gasteiger partial charge in [-0.25, -0.2) is 4.98 Å². The summed E-state index contributed by atoms with van der Waals surface area (Å²) in [7, 11) is 0. The zero-order chi connectivity index (χ0) is 23.2. The summed E-state index contributed by atoms with van der Waals surface area (Å²) in [6, 6.07) is 3.83. The second kappa shape index (κ2) is 8.86. The summed E-state index contributed by atoms with van der Waals surface area (Å²) >= 11 is 1.58. The van der Waals surface area contributed by atoms with Gasteiger partial charge in [0.25, 0.3) is 5.91 Å². The molecular formula is C25H35N3O4S. The molecule has 1 amide bonds. The fraction of sp³-hybridized carbons (Fsp3) is 0.720. The summed E-state index contributed by atoms with van der Waals surface area (Å²) < 4.78 is 0. The van der Waals surface area contributed by atoms with Crippen LogP contribution in [0, 0.1) is 17.8 Å². The summed E-state index contributed by atoms with van der Waals surface area (Å²) in [6.07, 6.45) is 6.45. The van der Waals surface area contributed by atoms with Gasteiger partial charge in [0.15, 0.2) is 0 Å². The van der Waals surface area contributed by atoms with Crippen molar-refractivity contribution in [2.75, 3.05) is 18.8 Å². The van der Waals surface area contributed by atoms with E-state index in [1.807, 2.05) is 12.1 Å². The van der Waals surface area contributed by atoms with Crippen molar-refractivity contribution in [1.29, 1.82) is 0 Å².